The topological polar surface area (TPSA) is 37.3 Å². The molecule has 20 heavy (non-hydrogen) atoms. The van der Waals surface area contributed by atoms with Crippen LogP contribution in [0.4, 0.5) is 0 Å². The average molecular weight is 268 g/mol. The first-order valence-corrected chi connectivity index (χ1v) is 6.94. The molecule has 2 nitrogen and oxygen atoms in total. The van der Waals surface area contributed by atoms with Gasteiger partial charge in [0.25, 0.3) is 0 Å². The number of aryl methyl sites for hydroxylation is 3. The van der Waals surface area contributed by atoms with Crippen molar-refractivity contribution in [3.8, 4) is 11.1 Å². The van der Waals surface area contributed by atoms with Gasteiger partial charge in [0.2, 0.25) is 0 Å². The van der Waals surface area contributed by atoms with E-state index in [0.29, 0.717) is 6.42 Å². The van der Waals surface area contributed by atoms with Crippen molar-refractivity contribution in [2.45, 2.75) is 33.1 Å². The summed E-state index contributed by atoms with van der Waals surface area (Å²) in [6.07, 6.45) is 1.75. The third kappa shape index (κ3) is 3.70. The Morgan fingerprint density at radius 3 is 2.35 bits per heavy atom. The van der Waals surface area contributed by atoms with E-state index in [1.807, 2.05) is 0 Å². The van der Waals surface area contributed by atoms with Gasteiger partial charge in [-0.3, -0.25) is 4.79 Å². The molecule has 0 saturated carbocycles. The van der Waals surface area contributed by atoms with Crippen molar-refractivity contribution < 1.29 is 9.90 Å². The molecule has 0 atom stereocenters. The fraction of sp³-hybridized carbons (Fsp3) is 0.278. The Morgan fingerprint density at radius 1 is 1.05 bits per heavy atom. The van der Waals surface area contributed by atoms with Crippen LogP contribution in [0.5, 0.6) is 0 Å². The monoisotopic (exact) mass is 268 g/mol. The molecule has 0 spiro atoms. The number of carboxylic acids is 1. The maximum Gasteiger partial charge on any atom is 0.303 e. The van der Waals surface area contributed by atoms with Gasteiger partial charge in [-0.25, -0.2) is 0 Å². The molecule has 0 fully saturated rings. The van der Waals surface area contributed by atoms with E-state index in [1.54, 1.807) is 0 Å². The second kappa shape index (κ2) is 6.38. The largest absolute Gasteiger partial charge is 0.481 e. The molecule has 0 bridgehead atoms. The lowest BCUT2D eigenvalue weighted by atomic mass is 9.97. The van der Waals surface area contributed by atoms with Crippen LogP contribution in [0.2, 0.25) is 0 Å². The predicted molar refractivity (Wildman–Crippen MR) is 81.9 cm³/mol. The van der Waals surface area contributed by atoms with E-state index < -0.39 is 5.97 Å². The van der Waals surface area contributed by atoms with E-state index in [-0.39, 0.29) is 6.42 Å². The van der Waals surface area contributed by atoms with E-state index in [4.69, 9.17) is 5.11 Å². The van der Waals surface area contributed by atoms with Crippen molar-refractivity contribution in [3.05, 3.63) is 59.2 Å². The summed E-state index contributed by atoms with van der Waals surface area (Å²) in [7, 11) is 0. The lowest BCUT2D eigenvalue weighted by Crippen LogP contribution is -1.95. The SMILES string of the molecule is Cc1ccc(-c2ccc(CCCC(=O)O)cc2)c(C)c1. The molecule has 104 valence electrons. The number of aliphatic carboxylic acids is 1. The minimum absolute atomic E-state index is 0.235. The van der Waals surface area contributed by atoms with Gasteiger partial charge in [-0.15, -0.1) is 0 Å². The lowest BCUT2D eigenvalue weighted by molar-refractivity contribution is -0.137. The van der Waals surface area contributed by atoms with Gasteiger partial charge in [0, 0.05) is 6.42 Å². The predicted octanol–water partition coefficient (Wildman–Crippen LogP) is 4.38. The number of carboxylic acid groups (broad SMARTS) is 1. The standard InChI is InChI=1S/C18H20O2/c1-13-6-11-17(14(2)12-13)16-9-7-15(8-10-16)4-3-5-18(19)20/h6-12H,3-5H2,1-2H3,(H,19,20). The number of hydrogen-bond acceptors (Lipinski definition) is 1. The number of benzene rings is 2. The highest BCUT2D eigenvalue weighted by molar-refractivity contribution is 5.68. The summed E-state index contributed by atoms with van der Waals surface area (Å²) in [5, 5.41) is 8.64. The molecule has 0 aliphatic carbocycles. The molecule has 0 aliphatic heterocycles. The van der Waals surface area contributed by atoms with Gasteiger partial charge in [-0.1, -0.05) is 48.0 Å². The van der Waals surface area contributed by atoms with Gasteiger partial charge in [0.15, 0.2) is 0 Å². The summed E-state index contributed by atoms with van der Waals surface area (Å²) in [6.45, 7) is 4.23. The summed E-state index contributed by atoms with van der Waals surface area (Å²) in [6, 6.07) is 14.9. The Labute approximate surface area is 120 Å². The minimum atomic E-state index is -0.725. The van der Waals surface area contributed by atoms with Crippen molar-refractivity contribution >= 4 is 5.97 Å². The van der Waals surface area contributed by atoms with Gasteiger partial charge in [-0.2, -0.15) is 0 Å². The molecule has 2 aromatic carbocycles. The molecule has 0 saturated heterocycles. The van der Waals surface area contributed by atoms with E-state index in [1.165, 1.54) is 27.8 Å². The van der Waals surface area contributed by atoms with Gasteiger partial charge < -0.3 is 5.11 Å². The molecular weight excluding hydrogens is 248 g/mol. The molecule has 2 heteroatoms. The molecule has 0 aliphatic rings. The van der Waals surface area contributed by atoms with Crippen LogP contribution in [0.25, 0.3) is 11.1 Å². The summed E-state index contributed by atoms with van der Waals surface area (Å²) in [4.78, 5) is 10.5. The summed E-state index contributed by atoms with van der Waals surface area (Å²) >= 11 is 0. The highest BCUT2D eigenvalue weighted by atomic mass is 16.4. The van der Waals surface area contributed by atoms with E-state index in [0.717, 1.165) is 6.42 Å². The van der Waals surface area contributed by atoms with Crippen LogP contribution in [-0.2, 0) is 11.2 Å². The summed E-state index contributed by atoms with van der Waals surface area (Å²) in [5.74, 6) is -0.725. The third-order valence-corrected chi connectivity index (χ3v) is 3.50. The Kier molecular flexibility index (Phi) is 4.57. The zero-order valence-electron chi connectivity index (χ0n) is 12.0. The zero-order valence-corrected chi connectivity index (χ0v) is 12.0. The fourth-order valence-electron chi connectivity index (χ4n) is 2.43. The van der Waals surface area contributed by atoms with Crippen molar-refractivity contribution in [1.29, 1.82) is 0 Å². The van der Waals surface area contributed by atoms with Crippen LogP contribution in [-0.4, -0.2) is 11.1 Å². The zero-order chi connectivity index (χ0) is 14.5. The van der Waals surface area contributed by atoms with Crippen LogP contribution in [0, 0.1) is 13.8 Å². The molecule has 0 unspecified atom stereocenters. The second-order valence-corrected chi connectivity index (χ2v) is 5.26. The molecule has 2 aromatic rings. The molecule has 1 N–H and O–H groups in total. The Balaban J connectivity index is 2.09. The lowest BCUT2D eigenvalue weighted by Gasteiger charge is -2.08. The highest BCUT2D eigenvalue weighted by Gasteiger charge is 2.03. The smallest absolute Gasteiger partial charge is 0.303 e. The van der Waals surface area contributed by atoms with Crippen molar-refractivity contribution in [3.63, 3.8) is 0 Å². The fourth-order valence-corrected chi connectivity index (χ4v) is 2.43. The number of carbonyl (C=O) groups is 1. The minimum Gasteiger partial charge on any atom is -0.481 e. The van der Waals surface area contributed by atoms with E-state index >= 15 is 0 Å². The molecule has 0 aromatic heterocycles. The van der Waals surface area contributed by atoms with Gasteiger partial charge in [0.1, 0.15) is 0 Å². The quantitative estimate of drug-likeness (QED) is 0.873. The molecule has 0 amide bonds. The van der Waals surface area contributed by atoms with E-state index in [2.05, 4.69) is 56.3 Å². The summed E-state index contributed by atoms with van der Waals surface area (Å²) in [5.41, 5.74) is 6.22. The summed E-state index contributed by atoms with van der Waals surface area (Å²) < 4.78 is 0. The Hall–Kier alpha value is -2.09. The maximum absolute atomic E-state index is 10.5. The first-order valence-electron chi connectivity index (χ1n) is 6.94. The molecule has 0 heterocycles. The average Bonchev–Trinajstić information content (AvgIpc) is 2.39. The van der Waals surface area contributed by atoms with Gasteiger partial charge >= 0.3 is 5.97 Å². The van der Waals surface area contributed by atoms with Crippen molar-refractivity contribution in [1.82, 2.24) is 0 Å². The molecule has 2 rings (SSSR count). The van der Waals surface area contributed by atoms with Crippen LogP contribution in [0.1, 0.15) is 29.5 Å². The van der Waals surface area contributed by atoms with Crippen LogP contribution < -0.4 is 0 Å². The van der Waals surface area contributed by atoms with Crippen LogP contribution in [0.3, 0.4) is 0 Å². The Morgan fingerprint density at radius 2 is 1.75 bits per heavy atom. The van der Waals surface area contributed by atoms with E-state index in [9.17, 15) is 4.79 Å². The molecule has 0 radical (unpaired) electrons. The van der Waals surface area contributed by atoms with Gasteiger partial charge in [-0.05, 0) is 48.9 Å². The van der Waals surface area contributed by atoms with Crippen LogP contribution in [0.15, 0.2) is 42.5 Å². The first kappa shape index (κ1) is 14.3. The number of hydrogen-bond donors (Lipinski definition) is 1. The third-order valence-electron chi connectivity index (χ3n) is 3.50. The van der Waals surface area contributed by atoms with Crippen molar-refractivity contribution in [2.24, 2.45) is 0 Å². The van der Waals surface area contributed by atoms with Crippen LogP contribution >= 0.6 is 0 Å². The normalized spacial score (nSPS) is 10.5. The number of rotatable bonds is 5. The second-order valence-electron chi connectivity index (χ2n) is 5.26. The van der Waals surface area contributed by atoms with Crippen molar-refractivity contribution in [2.75, 3.05) is 0 Å². The van der Waals surface area contributed by atoms with Gasteiger partial charge in [0.05, 0.1) is 0 Å². The first-order chi connectivity index (χ1) is 9.56. The Bertz CT molecular complexity index is 597. The highest BCUT2D eigenvalue weighted by Crippen LogP contribution is 2.24. The maximum atomic E-state index is 10.5. The molecular formula is C18H20O2.